The van der Waals surface area contributed by atoms with E-state index in [1.807, 2.05) is 12.1 Å². The van der Waals surface area contributed by atoms with Gasteiger partial charge in [-0.05, 0) is 30.4 Å². The van der Waals surface area contributed by atoms with Gasteiger partial charge in [0.1, 0.15) is 0 Å². The predicted molar refractivity (Wildman–Crippen MR) is 90.8 cm³/mol. The smallest absolute Gasteiger partial charge is 0 e. The van der Waals surface area contributed by atoms with Crippen molar-refractivity contribution in [3.63, 3.8) is 0 Å². The second kappa shape index (κ2) is 7.25. The fourth-order valence-electron chi connectivity index (χ4n) is 3.14. The van der Waals surface area contributed by atoms with E-state index in [1.165, 1.54) is 27.8 Å². The van der Waals surface area contributed by atoms with Gasteiger partial charge in [0.2, 0.25) is 0 Å². The van der Waals surface area contributed by atoms with Gasteiger partial charge in [0.25, 0.3) is 0 Å². The van der Waals surface area contributed by atoms with Gasteiger partial charge in [-0.25, -0.2) is 11.1 Å². The number of hydrogen-bond acceptors (Lipinski definition) is 0. The molecule has 0 nitrogen and oxygen atoms in total. The summed E-state index contributed by atoms with van der Waals surface area (Å²) in [4.78, 5) is 0. The molecule has 1 heteroatoms. The maximum Gasteiger partial charge on any atom is 0 e. The van der Waals surface area contributed by atoms with Gasteiger partial charge in [-0.15, -0.1) is 17.7 Å². The van der Waals surface area contributed by atoms with Crippen LogP contribution in [0.2, 0.25) is 0 Å². The fourth-order valence-corrected chi connectivity index (χ4v) is 3.14. The molecule has 0 aliphatic heterocycles. The summed E-state index contributed by atoms with van der Waals surface area (Å²) in [6.45, 7) is 0. The van der Waals surface area contributed by atoms with Crippen molar-refractivity contribution in [2.75, 3.05) is 0 Å². The fraction of sp³-hybridized carbons (Fsp3) is 0.182. The van der Waals surface area contributed by atoms with Crippen LogP contribution in [-0.4, -0.2) is 0 Å². The molecule has 117 valence electrons. The van der Waals surface area contributed by atoms with Crippen molar-refractivity contribution in [1.29, 1.82) is 0 Å². The summed E-state index contributed by atoms with van der Waals surface area (Å²) in [5.74, 6) is 0. The number of rotatable bonds is 1. The minimum absolute atomic E-state index is 0. The topological polar surface area (TPSA) is 0 Å². The first-order chi connectivity index (χ1) is 10.9. The van der Waals surface area contributed by atoms with E-state index in [-0.39, 0.29) is 20.1 Å². The third kappa shape index (κ3) is 3.63. The monoisotopic (exact) mass is 475 g/mol. The summed E-state index contributed by atoms with van der Waals surface area (Å²) >= 11 is 0. The summed E-state index contributed by atoms with van der Waals surface area (Å²) in [7, 11) is 0. The second-order valence-corrected chi connectivity index (χ2v) is 5.98. The van der Waals surface area contributed by atoms with Gasteiger partial charge in [0, 0.05) is 20.1 Å². The van der Waals surface area contributed by atoms with Crippen LogP contribution in [0.4, 0.5) is 0 Å². The standard InChI is InChI=1S/C22H18.Ir/c1-2-4-20(5-3-1)22-16-19-11-10-17-6-8-18(9-7-17)12-14-21(22)15-13-19;/h1-4,6-9,13,15H,10-12,14H2;/q-2;. The molecule has 3 aromatic carbocycles. The maximum absolute atomic E-state index is 3.65. The Morgan fingerprint density at radius 3 is 2.13 bits per heavy atom. The van der Waals surface area contributed by atoms with E-state index in [0.717, 1.165) is 31.2 Å². The first kappa shape index (κ1) is 16.2. The number of aryl methyl sites for hydroxylation is 4. The van der Waals surface area contributed by atoms with Crippen molar-refractivity contribution in [2.45, 2.75) is 25.7 Å². The molecule has 4 aliphatic rings. The van der Waals surface area contributed by atoms with E-state index in [1.54, 1.807) is 0 Å². The first-order valence-electron chi connectivity index (χ1n) is 7.97. The van der Waals surface area contributed by atoms with Crippen molar-refractivity contribution in [3.8, 4) is 11.1 Å². The van der Waals surface area contributed by atoms with Crippen molar-refractivity contribution >= 4 is 0 Å². The maximum atomic E-state index is 3.65. The van der Waals surface area contributed by atoms with Gasteiger partial charge in [0.05, 0.1) is 0 Å². The van der Waals surface area contributed by atoms with Gasteiger partial charge in [-0.2, -0.15) is 42.0 Å². The summed E-state index contributed by atoms with van der Waals surface area (Å²) in [5, 5.41) is 0. The zero-order chi connectivity index (χ0) is 14.8. The van der Waals surface area contributed by atoms with Crippen LogP contribution in [0.15, 0.2) is 60.7 Å². The molecule has 0 unspecified atom stereocenters. The van der Waals surface area contributed by atoms with E-state index in [9.17, 15) is 0 Å². The van der Waals surface area contributed by atoms with Gasteiger partial charge in [-0.1, -0.05) is 30.7 Å². The van der Waals surface area contributed by atoms with Gasteiger partial charge >= 0.3 is 0 Å². The van der Waals surface area contributed by atoms with Crippen LogP contribution >= 0.6 is 0 Å². The summed E-state index contributed by atoms with van der Waals surface area (Å²) in [5.41, 5.74) is 7.88. The molecule has 3 aromatic rings. The molecule has 23 heavy (non-hydrogen) atoms. The third-order valence-corrected chi connectivity index (χ3v) is 4.46. The van der Waals surface area contributed by atoms with Crippen LogP contribution in [0.5, 0.6) is 0 Å². The Bertz CT molecular complexity index is 773. The van der Waals surface area contributed by atoms with Gasteiger partial charge in [0.15, 0.2) is 0 Å². The van der Waals surface area contributed by atoms with Crippen molar-refractivity contribution in [2.24, 2.45) is 0 Å². The zero-order valence-electron chi connectivity index (χ0n) is 12.9. The Balaban J connectivity index is 0.00000156. The molecule has 0 spiro atoms. The number of hydrogen-bond donors (Lipinski definition) is 0. The minimum Gasteiger partial charge on any atom is -0.226 e. The Morgan fingerprint density at radius 2 is 1.43 bits per heavy atom. The molecule has 0 fully saturated rings. The van der Waals surface area contributed by atoms with Gasteiger partial charge < -0.3 is 0 Å². The molecular formula is C22H18Ir-2. The Hall–Kier alpha value is -1.69. The van der Waals surface area contributed by atoms with Crippen LogP contribution in [0.1, 0.15) is 22.3 Å². The summed E-state index contributed by atoms with van der Waals surface area (Å²) in [6, 6.07) is 28.9. The average Bonchev–Trinajstić information content (AvgIpc) is 2.58. The van der Waals surface area contributed by atoms with E-state index >= 15 is 0 Å². The molecule has 0 amide bonds. The van der Waals surface area contributed by atoms with Crippen molar-refractivity contribution in [1.82, 2.24) is 0 Å². The molecular weight excluding hydrogens is 456 g/mol. The van der Waals surface area contributed by atoms with Crippen LogP contribution in [0.3, 0.4) is 0 Å². The third-order valence-electron chi connectivity index (χ3n) is 4.46. The largest absolute Gasteiger partial charge is 0.226 e. The van der Waals surface area contributed by atoms with E-state index in [2.05, 4.69) is 60.7 Å². The second-order valence-electron chi connectivity index (χ2n) is 5.98. The van der Waals surface area contributed by atoms with Crippen molar-refractivity contribution < 1.29 is 20.1 Å². The van der Waals surface area contributed by atoms with Crippen LogP contribution in [-0.2, 0) is 45.8 Å². The quantitative estimate of drug-likeness (QED) is 0.443. The van der Waals surface area contributed by atoms with Crippen molar-refractivity contribution in [3.05, 3.63) is 95.1 Å². The minimum atomic E-state index is 0. The summed E-state index contributed by atoms with van der Waals surface area (Å²) < 4.78 is 0. The molecule has 4 aliphatic carbocycles. The molecule has 1 radical (unpaired) electrons. The van der Waals surface area contributed by atoms with E-state index < -0.39 is 0 Å². The molecule has 0 atom stereocenters. The molecule has 0 saturated heterocycles. The van der Waals surface area contributed by atoms with E-state index in [4.69, 9.17) is 0 Å². The Kier molecular flexibility index (Phi) is 5.10. The molecule has 0 N–H and O–H groups in total. The van der Waals surface area contributed by atoms with Gasteiger partial charge in [-0.3, -0.25) is 0 Å². The predicted octanol–water partition coefficient (Wildman–Crippen LogP) is 4.84. The first-order valence-corrected chi connectivity index (χ1v) is 7.97. The zero-order valence-corrected chi connectivity index (χ0v) is 15.3. The SMILES string of the molecule is [Ir].[c-]1ccccc1-c1[c-]c2ccc1CCc1ccc(cc1)CC2. The van der Waals surface area contributed by atoms with Crippen LogP contribution < -0.4 is 0 Å². The normalized spacial score (nSPS) is 13.0. The average molecular weight is 475 g/mol. The molecule has 0 saturated carbocycles. The molecule has 0 aromatic heterocycles. The summed E-state index contributed by atoms with van der Waals surface area (Å²) in [6.07, 6.45) is 4.25. The van der Waals surface area contributed by atoms with E-state index in [0.29, 0.717) is 0 Å². The molecule has 4 bridgehead atoms. The number of benzene rings is 3. The van der Waals surface area contributed by atoms with Crippen LogP contribution in [0, 0.1) is 12.1 Å². The molecule has 7 rings (SSSR count). The molecule has 0 heterocycles. The van der Waals surface area contributed by atoms with Crippen LogP contribution in [0.25, 0.3) is 11.1 Å². The Labute approximate surface area is 151 Å². The Morgan fingerprint density at radius 1 is 0.696 bits per heavy atom.